The maximum Gasteiger partial charge on any atom is 0.472 e. The number of phosphoric acid groups is 1. The lowest BCUT2D eigenvalue weighted by molar-refractivity contribution is -0.161. The largest absolute Gasteiger partial charge is 0.472 e. The lowest BCUT2D eigenvalue weighted by Gasteiger charge is -2.21. The summed E-state index contributed by atoms with van der Waals surface area (Å²) < 4.78 is 39.5. The molecule has 0 saturated carbocycles. The van der Waals surface area contributed by atoms with Crippen molar-refractivity contribution < 1.29 is 52.2 Å². The molecule has 420 valence electrons. The van der Waals surface area contributed by atoms with Gasteiger partial charge in [-0.3, -0.25) is 23.4 Å². The molecule has 0 aromatic carbocycles. The number of carbonyl (C=O) groups excluding carboxylic acids is 3. The summed E-state index contributed by atoms with van der Waals surface area (Å²) in [6.45, 7) is 4.61. The second kappa shape index (κ2) is 54.7. The molecule has 0 aromatic heterocycles. The van der Waals surface area contributed by atoms with Crippen LogP contribution in [0.2, 0.25) is 0 Å². The second-order valence-corrected chi connectivity index (χ2v) is 21.3. The Labute approximate surface area is 441 Å². The normalized spacial score (nSPS) is 13.7. The SMILES string of the molecule is CCCCC/C=C\C/C=C\C/C=C\CCCCCCCCC(=O)OC(COC(=O)CCCCCCC/C=C\CCCCCCCC)COP(=O)(O)OCC(CO)OC(=O)CCCCCCCCCCCCC. The van der Waals surface area contributed by atoms with Gasteiger partial charge in [-0.2, -0.15) is 0 Å². The maximum absolute atomic E-state index is 12.9. The van der Waals surface area contributed by atoms with Crippen molar-refractivity contribution in [1.29, 1.82) is 0 Å². The van der Waals surface area contributed by atoms with Gasteiger partial charge in [-0.05, 0) is 83.5 Å². The number of hydrogen-bond donors (Lipinski definition) is 2. The monoisotopic (exact) mass is 1040 g/mol. The molecule has 0 saturated heterocycles. The third kappa shape index (κ3) is 52.3. The van der Waals surface area contributed by atoms with Gasteiger partial charge in [0.15, 0.2) is 6.10 Å². The van der Waals surface area contributed by atoms with E-state index in [1.54, 1.807) is 0 Å². The van der Waals surface area contributed by atoms with Crippen LogP contribution in [0.15, 0.2) is 48.6 Å². The number of ether oxygens (including phenoxy) is 3. The van der Waals surface area contributed by atoms with Crippen molar-refractivity contribution in [2.45, 2.75) is 290 Å². The first-order valence-electron chi connectivity index (χ1n) is 29.5. The summed E-state index contributed by atoms with van der Waals surface area (Å²) in [4.78, 5) is 48.5. The molecule has 2 N–H and O–H groups in total. The number of hydrogen-bond acceptors (Lipinski definition) is 10. The summed E-state index contributed by atoms with van der Waals surface area (Å²) in [5, 5.41) is 9.80. The van der Waals surface area contributed by atoms with Crippen LogP contribution in [0, 0.1) is 0 Å². The van der Waals surface area contributed by atoms with E-state index in [1.807, 2.05) is 0 Å². The third-order valence-electron chi connectivity index (χ3n) is 12.7. The molecule has 0 bridgehead atoms. The van der Waals surface area contributed by atoms with Gasteiger partial charge in [-0.15, -0.1) is 0 Å². The summed E-state index contributed by atoms with van der Waals surface area (Å²) in [6, 6.07) is 0. The van der Waals surface area contributed by atoms with Crippen LogP contribution in [-0.4, -0.2) is 66.5 Å². The summed E-state index contributed by atoms with van der Waals surface area (Å²) in [5.74, 6) is -1.48. The van der Waals surface area contributed by atoms with Crippen LogP contribution in [0.1, 0.15) is 278 Å². The molecule has 0 heterocycles. The highest BCUT2D eigenvalue weighted by Gasteiger charge is 2.28. The highest BCUT2D eigenvalue weighted by Crippen LogP contribution is 2.43. The quantitative estimate of drug-likeness (QED) is 0.0197. The predicted octanol–water partition coefficient (Wildman–Crippen LogP) is 17.4. The van der Waals surface area contributed by atoms with Crippen LogP contribution in [0.4, 0.5) is 0 Å². The molecular formula is C60H109O11P. The first-order chi connectivity index (χ1) is 35.2. The van der Waals surface area contributed by atoms with Crippen molar-refractivity contribution in [2.24, 2.45) is 0 Å². The summed E-state index contributed by atoms with van der Waals surface area (Å²) >= 11 is 0. The average molecular weight is 1040 g/mol. The Morgan fingerprint density at radius 2 is 0.681 bits per heavy atom. The molecule has 11 nitrogen and oxygen atoms in total. The molecule has 3 atom stereocenters. The van der Waals surface area contributed by atoms with Gasteiger partial charge in [0.05, 0.1) is 19.8 Å². The van der Waals surface area contributed by atoms with Crippen molar-refractivity contribution in [1.82, 2.24) is 0 Å². The van der Waals surface area contributed by atoms with Gasteiger partial charge in [0.25, 0.3) is 0 Å². The van der Waals surface area contributed by atoms with E-state index in [2.05, 4.69) is 69.4 Å². The first-order valence-corrected chi connectivity index (χ1v) is 31.0. The van der Waals surface area contributed by atoms with E-state index >= 15 is 0 Å². The topological polar surface area (TPSA) is 155 Å². The summed E-state index contributed by atoms with van der Waals surface area (Å²) in [7, 11) is -4.75. The lowest BCUT2D eigenvalue weighted by Crippen LogP contribution is -2.30. The Kier molecular flexibility index (Phi) is 52.7. The zero-order chi connectivity index (χ0) is 52.7. The molecule has 3 unspecified atom stereocenters. The maximum atomic E-state index is 12.9. The zero-order valence-electron chi connectivity index (χ0n) is 46.4. The minimum absolute atomic E-state index is 0.153. The van der Waals surface area contributed by atoms with Gasteiger partial charge < -0.3 is 24.2 Å². The smallest absolute Gasteiger partial charge is 0.462 e. The van der Waals surface area contributed by atoms with Crippen LogP contribution in [0.25, 0.3) is 0 Å². The highest BCUT2D eigenvalue weighted by atomic mass is 31.2. The lowest BCUT2D eigenvalue weighted by atomic mass is 10.1. The van der Waals surface area contributed by atoms with Crippen LogP contribution < -0.4 is 0 Å². The van der Waals surface area contributed by atoms with Gasteiger partial charge in [0.1, 0.15) is 12.7 Å². The van der Waals surface area contributed by atoms with Gasteiger partial charge in [-0.1, -0.05) is 223 Å². The average Bonchev–Trinajstić information content (AvgIpc) is 3.37. The zero-order valence-corrected chi connectivity index (χ0v) is 47.3. The number of rotatable bonds is 55. The predicted molar refractivity (Wildman–Crippen MR) is 298 cm³/mol. The van der Waals surface area contributed by atoms with E-state index < -0.39 is 57.8 Å². The third-order valence-corrected chi connectivity index (χ3v) is 13.7. The Morgan fingerprint density at radius 3 is 1.08 bits per heavy atom. The molecule has 0 amide bonds. The molecule has 0 radical (unpaired) electrons. The molecule has 0 aliphatic carbocycles. The van der Waals surface area contributed by atoms with Crippen LogP contribution in [0.3, 0.4) is 0 Å². The van der Waals surface area contributed by atoms with Crippen LogP contribution >= 0.6 is 7.82 Å². The first kappa shape index (κ1) is 69.4. The fourth-order valence-electron chi connectivity index (χ4n) is 8.18. The van der Waals surface area contributed by atoms with Crippen LogP contribution in [-0.2, 0) is 42.2 Å². The molecule has 0 aliphatic heterocycles. The number of esters is 3. The second-order valence-electron chi connectivity index (χ2n) is 19.8. The minimum atomic E-state index is -4.75. The number of aliphatic hydroxyl groups excluding tert-OH is 1. The molecule has 0 rings (SSSR count). The molecular weight excluding hydrogens is 928 g/mol. The van der Waals surface area contributed by atoms with E-state index in [0.717, 1.165) is 109 Å². The van der Waals surface area contributed by atoms with Crippen molar-refractivity contribution in [3.05, 3.63) is 48.6 Å². The Morgan fingerprint density at radius 1 is 0.389 bits per heavy atom. The van der Waals surface area contributed by atoms with E-state index in [4.69, 9.17) is 23.3 Å². The van der Waals surface area contributed by atoms with E-state index in [-0.39, 0.29) is 25.9 Å². The summed E-state index contributed by atoms with van der Waals surface area (Å²) in [6.07, 6.45) is 57.8. The minimum Gasteiger partial charge on any atom is -0.462 e. The van der Waals surface area contributed by atoms with Crippen LogP contribution in [0.5, 0.6) is 0 Å². The fourth-order valence-corrected chi connectivity index (χ4v) is 8.97. The van der Waals surface area contributed by atoms with Gasteiger partial charge in [-0.25, -0.2) is 4.57 Å². The molecule has 0 aromatic rings. The fraction of sp³-hybridized carbons (Fsp3) is 0.817. The van der Waals surface area contributed by atoms with Crippen molar-refractivity contribution in [3.8, 4) is 0 Å². The van der Waals surface area contributed by atoms with Crippen molar-refractivity contribution >= 4 is 25.7 Å². The van der Waals surface area contributed by atoms with E-state index in [1.165, 1.54) is 109 Å². The molecule has 72 heavy (non-hydrogen) atoms. The number of allylic oxidation sites excluding steroid dienone is 8. The molecule has 0 fully saturated rings. The number of carbonyl (C=O) groups is 3. The Balaban J connectivity index is 4.74. The molecule has 0 spiro atoms. The Hall–Kier alpha value is -2.56. The number of aliphatic hydroxyl groups is 1. The van der Waals surface area contributed by atoms with Gasteiger partial charge >= 0.3 is 25.7 Å². The van der Waals surface area contributed by atoms with Gasteiger partial charge in [0.2, 0.25) is 0 Å². The number of unbranched alkanes of at least 4 members (excludes halogenated alkanes) is 30. The van der Waals surface area contributed by atoms with Crippen molar-refractivity contribution in [3.63, 3.8) is 0 Å². The highest BCUT2D eigenvalue weighted by molar-refractivity contribution is 7.47. The molecule has 0 aliphatic rings. The van der Waals surface area contributed by atoms with Crippen molar-refractivity contribution in [2.75, 3.05) is 26.4 Å². The van der Waals surface area contributed by atoms with E-state index in [9.17, 15) is 28.9 Å². The Bertz CT molecular complexity index is 1400. The number of phosphoric ester groups is 1. The molecule has 12 heteroatoms. The summed E-state index contributed by atoms with van der Waals surface area (Å²) in [5.41, 5.74) is 0. The van der Waals surface area contributed by atoms with E-state index in [0.29, 0.717) is 19.3 Å². The van der Waals surface area contributed by atoms with Gasteiger partial charge in [0, 0.05) is 19.3 Å². The standard InChI is InChI=1S/C60H109O11P/c1-4-7-10-13-16-19-22-24-26-27-28-29-31-33-36-39-42-45-48-51-60(64)71-57(53-67-58(62)49-46-43-40-37-35-32-30-25-23-20-17-14-11-8-5-2)55-69-72(65,66)68-54-56(52-61)70-59(63)50-47-44-41-38-34-21-18-15-12-9-6-3/h16,19,24-26,28-30,56-57,61H,4-15,17-18,20-23,27,31-55H2,1-3H3,(H,65,66)/b19-16-,26-24-,29-28-,30-25-.